The van der Waals surface area contributed by atoms with Gasteiger partial charge in [0, 0.05) is 0 Å². The molecule has 0 saturated heterocycles. The van der Waals surface area contributed by atoms with Crippen LogP contribution in [0.3, 0.4) is 0 Å². The fraction of sp³-hybridized carbons (Fsp3) is 0. The molecule has 2 rings (SSSR count). The number of anilines is 1. The summed E-state index contributed by atoms with van der Waals surface area (Å²) in [6.45, 7) is 0. The number of furan rings is 1. The van der Waals surface area contributed by atoms with Gasteiger partial charge in [-0.1, -0.05) is 6.07 Å². The number of rotatable bonds is 3. The lowest BCUT2D eigenvalue weighted by Gasteiger charge is -2.08. The summed E-state index contributed by atoms with van der Waals surface area (Å²) in [5.74, 6) is -3.11. The van der Waals surface area contributed by atoms with Gasteiger partial charge in [0.2, 0.25) is 5.22 Å². The zero-order chi connectivity index (χ0) is 14.0. The van der Waals surface area contributed by atoms with Gasteiger partial charge >= 0.3 is 5.97 Å². The second-order valence-electron chi connectivity index (χ2n) is 3.53. The molecular weight excluding hydrogens is 277 g/mol. The van der Waals surface area contributed by atoms with Crippen molar-refractivity contribution in [3.63, 3.8) is 0 Å². The summed E-state index contributed by atoms with van der Waals surface area (Å²) in [4.78, 5) is 22.8. The van der Waals surface area contributed by atoms with Crippen molar-refractivity contribution in [1.29, 1.82) is 0 Å². The summed E-state index contributed by atoms with van der Waals surface area (Å²) in [7, 11) is 0. The van der Waals surface area contributed by atoms with Crippen molar-refractivity contribution in [2.24, 2.45) is 0 Å². The van der Waals surface area contributed by atoms with Crippen molar-refractivity contribution in [1.82, 2.24) is 0 Å². The van der Waals surface area contributed by atoms with E-state index in [1.165, 1.54) is 24.5 Å². The molecule has 0 aliphatic carbocycles. The van der Waals surface area contributed by atoms with Crippen LogP contribution in [0.2, 0.25) is 5.22 Å². The molecule has 98 valence electrons. The molecule has 0 aliphatic heterocycles. The van der Waals surface area contributed by atoms with Crippen LogP contribution in [0.4, 0.5) is 10.1 Å². The predicted octanol–water partition coefficient (Wildman–Crippen LogP) is 3.02. The zero-order valence-electron chi connectivity index (χ0n) is 9.31. The molecular formula is C12H7ClFNO4. The molecule has 0 aliphatic rings. The smallest absolute Gasteiger partial charge is 0.340 e. The normalized spacial score (nSPS) is 10.2. The van der Waals surface area contributed by atoms with Gasteiger partial charge in [0.25, 0.3) is 5.91 Å². The van der Waals surface area contributed by atoms with Gasteiger partial charge in [-0.2, -0.15) is 0 Å². The van der Waals surface area contributed by atoms with Gasteiger partial charge in [-0.25, -0.2) is 9.18 Å². The first-order valence-electron chi connectivity index (χ1n) is 5.07. The Morgan fingerprint density at radius 3 is 2.63 bits per heavy atom. The van der Waals surface area contributed by atoms with Crippen molar-refractivity contribution in [3.05, 3.63) is 52.7 Å². The highest BCUT2D eigenvalue weighted by atomic mass is 35.5. The maximum atomic E-state index is 13.4. The largest absolute Gasteiger partial charge is 0.478 e. The van der Waals surface area contributed by atoms with Gasteiger partial charge in [0.1, 0.15) is 11.4 Å². The van der Waals surface area contributed by atoms with Crippen molar-refractivity contribution in [2.45, 2.75) is 0 Å². The summed E-state index contributed by atoms with van der Waals surface area (Å²) < 4.78 is 18.1. The SMILES string of the molecule is O=C(Nc1cccc(F)c1C(=O)O)c1ccoc1Cl. The first-order chi connectivity index (χ1) is 9.00. The number of hydrogen-bond acceptors (Lipinski definition) is 3. The van der Waals surface area contributed by atoms with Gasteiger partial charge < -0.3 is 14.8 Å². The fourth-order valence-electron chi connectivity index (χ4n) is 1.49. The molecule has 0 atom stereocenters. The molecule has 0 spiro atoms. The van der Waals surface area contributed by atoms with E-state index in [0.717, 1.165) is 6.07 Å². The predicted molar refractivity (Wildman–Crippen MR) is 65.0 cm³/mol. The number of amides is 1. The highest BCUT2D eigenvalue weighted by molar-refractivity contribution is 6.32. The zero-order valence-corrected chi connectivity index (χ0v) is 10.1. The molecule has 0 saturated carbocycles. The van der Waals surface area contributed by atoms with Crippen molar-refractivity contribution < 1.29 is 23.5 Å². The molecule has 1 aromatic heterocycles. The number of carbonyl (C=O) groups excluding carboxylic acids is 1. The van der Waals surface area contributed by atoms with Crippen molar-refractivity contribution in [2.75, 3.05) is 5.32 Å². The molecule has 2 aromatic rings. The number of aromatic carboxylic acids is 1. The second-order valence-corrected chi connectivity index (χ2v) is 3.87. The van der Waals surface area contributed by atoms with E-state index >= 15 is 0 Å². The summed E-state index contributed by atoms with van der Waals surface area (Å²) in [6, 6.07) is 4.87. The van der Waals surface area contributed by atoms with Crippen LogP contribution in [-0.2, 0) is 0 Å². The van der Waals surface area contributed by atoms with Crippen LogP contribution >= 0.6 is 11.6 Å². The lowest BCUT2D eigenvalue weighted by molar-refractivity contribution is 0.0693. The standard InChI is InChI=1S/C12H7ClFNO4/c13-10-6(4-5-19-10)11(16)15-8-3-1-2-7(14)9(8)12(17)18/h1-5H,(H,15,16)(H,17,18). The van der Waals surface area contributed by atoms with Crippen LogP contribution in [-0.4, -0.2) is 17.0 Å². The van der Waals surface area contributed by atoms with Crippen LogP contribution in [0.25, 0.3) is 0 Å². The number of carboxylic acids is 1. The van der Waals surface area contributed by atoms with Gasteiger partial charge in [-0.15, -0.1) is 0 Å². The monoisotopic (exact) mass is 283 g/mol. The Morgan fingerprint density at radius 2 is 2.05 bits per heavy atom. The van der Waals surface area contributed by atoms with E-state index in [-0.39, 0.29) is 16.5 Å². The fourth-order valence-corrected chi connectivity index (χ4v) is 1.69. The minimum Gasteiger partial charge on any atom is -0.478 e. The van der Waals surface area contributed by atoms with Gasteiger partial charge in [-0.3, -0.25) is 4.79 Å². The molecule has 1 heterocycles. The molecule has 0 unspecified atom stereocenters. The summed E-state index contributed by atoms with van der Waals surface area (Å²) >= 11 is 5.62. The average molecular weight is 284 g/mol. The Kier molecular flexibility index (Phi) is 3.52. The molecule has 7 heteroatoms. The summed E-state index contributed by atoms with van der Waals surface area (Å²) in [6.07, 6.45) is 1.21. The van der Waals surface area contributed by atoms with E-state index in [9.17, 15) is 14.0 Å². The van der Waals surface area contributed by atoms with Crippen LogP contribution in [0.5, 0.6) is 0 Å². The molecule has 19 heavy (non-hydrogen) atoms. The molecule has 1 aromatic carbocycles. The second kappa shape index (κ2) is 5.11. The highest BCUT2D eigenvalue weighted by Gasteiger charge is 2.19. The van der Waals surface area contributed by atoms with Gasteiger partial charge in [-0.05, 0) is 29.8 Å². The van der Waals surface area contributed by atoms with E-state index < -0.39 is 23.3 Å². The quantitative estimate of drug-likeness (QED) is 0.907. The van der Waals surface area contributed by atoms with Crippen LogP contribution < -0.4 is 5.32 Å². The van der Waals surface area contributed by atoms with E-state index in [4.69, 9.17) is 21.1 Å². The van der Waals surface area contributed by atoms with Gasteiger partial charge in [0.15, 0.2) is 0 Å². The first-order valence-corrected chi connectivity index (χ1v) is 5.44. The van der Waals surface area contributed by atoms with E-state index in [1.54, 1.807) is 0 Å². The first kappa shape index (κ1) is 13.1. The lowest BCUT2D eigenvalue weighted by atomic mass is 10.1. The molecule has 0 radical (unpaired) electrons. The molecule has 0 bridgehead atoms. The number of carbonyl (C=O) groups is 2. The Balaban J connectivity index is 2.35. The molecule has 1 amide bonds. The minimum absolute atomic E-state index is 0.0299. The topological polar surface area (TPSA) is 79.5 Å². The number of nitrogens with one attached hydrogen (secondary N) is 1. The average Bonchev–Trinajstić information content (AvgIpc) is 2.75. The summed E-state index contributed by atoms with van der Waals surface area (Å²) in [5, 5.41) is 11.0. The number of hydrogen-bond donors (Lipinski definition) is 2. The van der Waals surface area contributed by atoms with E-state index in [0.29, 0.717) is 0 Å². The van der Waals surface area contributed by atoms with Crippen LogP contribution in [0.1, 0.15) is 20.7 Å². The van der Waals surface area contributed by atoms with Crippen molar-refractivity contribution in [3.8, 4) is 0 Å². The van der Waals surface area contributed by atoms with Crippen LogP contribution in [0.15, 0.2) is 34.9 Å². The third-order valence-corrected chi connectivity index (χ3v) is 2.63. The summed E-state index contributed by atoms with van der Waals surface area (Å²) in [5.41, 5.74) is -0.743. The van der Waals surface area contributed by atoms with Crippen LogP contribution in [0, 0.1) is 5.82 Å². The van der Waals surface area contributed by atoms with Crippen molar-refractivity contribution >= 4 is 29.2 Å². The molecule has 0 fully saturated rings. The molecule has 2 N–H and O–H groups in total. The maximum absolute atomic E-state index is 13.4. The lowest BCUT2D eigenvalue weighted by Crippen LogP contribution is -2.15. The Morgan fingerprint density at radius 1 is 1.32 bits per heavy atom. The number of carboxylic acid groups (broad SMARTS) is 1. The highest BCUT2D eigenvalue weighted by Crippen LogP contribution is 2.22. The van der Waals surface area contributed by atoms with Gasteiger partial charge in [0.05, 0.1) is 17.5 Å². The Bertz CT molecular complexity index is 653. The number of benzene rings is 1. The Labute approximate surface area is 111 Å². The van der Waals surface area contributed by atoms with E-state index in [1.807, 2.05) is 0 Å². The molecule has 5 nitrogen and oxygen atoms in total. The van der Waals surface area contributed by atoms with E-state index in [2.05, 4.69) is 5.32 Å². The number of halogens is 2. The third-order valence-electron chi connectivity index (χ3n) is 2.34. The third kappa shape index (κ3) is 2.58. The minimum atomic E-state index is -1.48. The maximum Gasteiger partial charge on any atom is 0.340 e. The Hall–Kier alpha value is -2.34.